The fraction of sp³-hybridized carbons (Fsp3) is 1.00. The van der Waals surface area contributed by atoms with Crippen LogP contribution in [0.15, 0.2) is 0 Å². The molecule has 1 atom stereocenters. The Morgan fingerprint density at radius 3 is 0.906 bits per heavy atom. The molecule has 1 unspecified atom stereocenters. The van der Waals surface area contributed by atoms with E-state index in [2.05, 4.69) is 6.92 Å². The maximum atomic E-state index is 10.2. The van der Waals surface area contributed by atoms with Crippen LogP contribution in [0.1, 0.15) is 180 Å². The van der Waals surface area contributed by atoms with Crippen LogP contribution in [0.25, 0.3) is 0 Å². The molecule has 194 valence electrons. The summed E-state index contributed by atoms with van der Waals surface area (Å²) in [6, 6.07) is 0. The molecule has 2 nitrogen and oxygen atoms in total. The van der Waals surface area contributed by atoms with E-state index in [9.17, 15) is 5.11 Å². The third-order valence-electron chi connectivity index (χ3n) is 7.09. The van der Waals surface area contributed by atoms with E-state index in [1.165, 1.54) is 154 Å². The van der Waals surface area contributed by atoms with Gasteiger partial charge in [-0.1, -0.05) is 161 Å². The lowest BCUT2D eigenvalue weighted by molar-refractivity contribution is 0.147. The van der Waals surface area contributed by atoms with Crippen LogP contribution in [0.4, 0.5) is 0 Å². The molecule has 0 spiro atoms. The Labute approximate surface area is 203 Å². The van der Waals surface area contributed by atoms with Crippen molar-refractivity contribution in [2.75, 3.05) is 6.61 Å². The fourth-order valence-corrected chi connectivity index (χ4v) is 4.80. The van der Waals surface area contributed by atoms with Crippen LogP contribution in [0.5, 0.6) is 0 Å². The molecular formula is C30H62O2. The smallest absolute Gasteiger partial charge is 0.0540 e. The minimum Gasteiger partial charge on any atom is -0.396 e. The van der Waals surface area contributed by atoms with Crippen molar-refractivity contribution >= 4 is 0 Å². The van der Waals surface area contributed by atoms with Gasteiger partial charge in [-0.3, -0.25) is 0 Å². The van der Waals surface area contributed by atoms with Gasteiger partial charge in [0.2, 0.25) is 0 Å². The van der Waals surface area contributed by atoms with Gasteiger partial charge in [0.25, 0.3) is 0 Å². The number of rotatable bonds is 28. The van der Waals surface area contributed by atoms with Crippen LogP contribution in [-0.4, -0.2) is 22.9 Å². The van der Waals surface area contributed by atoms with Gasteiger partial charge in [-0.25, -0.2) is 0 Å². The molecule has 0 bridgehead atoms. The van der Waals surface area contributed by atoms with E-state index in [-0.39, 0.29) is 6.10 Å². The van der Waals surface area contributed by atoms with E-state index < -0.39 is 0 Å². The average molecular weight is 455 g/mol. The molecule has 0 saturated heterocycles. The van der Waals surface area contributed by atoms with Crippen LogP contribution in [0.3, 0.4) is 0 Å². The van der Waals surface area contributed by atoms with Gasteiger partial charge in [0.15, 0.2) is 0 Å². The third kappa shape index (κ3) is 28.0. The van der Waals surface area contributed by atoms with Crippen molar-refractivity contribution in [1.82, 2.24) is 0 Å². The quantitative estimate of drug-likeness (QED) is 0.115. The number of hydrogen-bond acceptors (Lipinski definition) is 2. The normalized spacial score (nSPS) is 12.5. The Bertz CT molecular complexity index is 318. The van der Waals surface area contributed by atoms with Crippen LogP contribution in [0.2, 0.25) is 0 Å². The van der Waals surface area contributed by atoms with Crippen molar-refractivity contribution < 1.29 is 10.2 Å². The number of unbranched alkanes of at least 4 members (excludes halogenated alkanes) is 23. The van der Waals surface area contributed by atoms with Gasteiger partial charge in [0.1, 0.15) is 0 Å². The molecule has 0 fully saturated rings. The van der Waals surface area contributed by atoms with Crippen molar-refractivity contribution in [3.63, 3.8) is 0 Å². The number of hydrogen-bond donors (Lipinski definition) is 2. The minimum atomic E-state index is -0.0523. The highest BCUT2D eigenvalue weighted by molar-refractivity contribution is 4.58. The molecule has 0 amide bonds. The van der Waals surface area contributed by atoms with Gasteiger partial charge in [-0.05, 0) is 19.3 Å². The second-order valence-electron chi connectivity index (χ2n) is 10.4. The van der Waals surface area contributed by atoms with Gasteiger partial charge >= 0.3 is 0 Å². The zero-order valence-electron chi connectivity index (χ0n) is 22.3. The summed E-state index contributed by atoms with van der Waals surface area (Å²) in [6.45, 7) is 2.64. The van der Waals surface area contributed by atoms with Crippen molar-refractivity contribution in [3.05, 3.63) is 0 Å². The Kier molecular flexibility index (Phi) is 28.9. The van der Waals surface area contributed by atoms with Crippen molar-refractivity contribution in [2.24, 2.45) is 0 Å². The van der Waals surface area contributed by atoms with Crippen LogP contribution < -0.4 is 0 Å². The molecule has 32 heavy (non-hydrogen) atoms. The van der Waals surface area contributed by atoms with E-state index in [4.69, 9.17) is 5.11 Å². The topological polar surface area (TPSA) is 40.5 Å². The molecule has 0 aromatic rings. The standard InChI is InChI=1S/C30H62O2/c1-2-3-4-5-6-7-8-9-10-11-12-15-18-21-24-27-30(32)28-25-22-19-16-13-14-17-20-23-26-29-31/h30-32H,2-29H2,1H3. The highest BCUT2D eigenvalue weighted by atomic mass is 16.3. The lowest BCUT2D eigenvalue weighted by Crippen LogP contribution is -2.05. The van der Waals surface area contributed by atoms with Gasteiger partial charge < -0.3 is 10.2 Å². The Balaban J connectivity index is 3.12. The molecule has 0 aliphatic rings. The minimum absolute atomic E-state index is 0.0523. The Hall–Kier alpha value is -0.0800. The summed E-state index contributed by atoms with van der Waals surface area (Å²) < 4.78 is 0. The van der Waals surface area contributed by atoms with Gasteiger partial charge in [-0.2, -0.15) is 0 Å². The summed E-state index contributed by atoms with van der Waals surface area (Å²) in [5.74, 6) is 0. The maximum Gasteiger partial charge on any atom is 0.0540 e. The zero-order chi connectivity index (χ0) is 23.4. The zero-order valence-corrected chi connectivity index (χ0v) is 22.3. The highest BCUT2D eigenvalue weighted by Crippen LogP contribution is 2.16. The monoisotopic (exact) mass is 454 g/mol. The van der Waals surface area contributed by atoms with Crippen LogP contribution in [-0.2, 0) is 0 Å². The van der Waals surface area contributed by atoms with E-state index in [0.29, 0.717) is 6.61 Å². The van der Waals surface area contributed by atoms with Gasteiger partial charge in [0.05, 0.1) is 6.10 Å². The van der Waals surface area contributed by atoms with Gasteiger partial charge in [0, 0.05) is 6.61 Å². The van der Waals surface area contributed by atoms with Crippen molar-refractivity contribution in [1.29, 1.82) is 0 Å². The molecule has 0 aliphatic heterocycles. The second-order valence-corrected chi connectivity index (χ2v) is 10.4. The lowest BCUT2D eigenvalue weighted by atomic mass is 10.0. The molecule has 0 radical (unpaired) electrons. The molecule has 2 N–H and O–H groups in total. The first kappa shape index (κ1) is 31.9. The molecule has 0 aliphatic carbocycles. The summed E-state index contributed by atoms with van der Waals surface area (Å²) in [4.78, 5) is 0. The SMILES string of the molecule is CCCCCCCCCCCCCCCCCC(O)CCCCCCCCCCCCO. The summed E-state index contributed by atoms with van der Waals surface area (Å²) in [6.07, 6.45) is 35.8. The molecule has 0 saturated carbocycles. The number of aliphatic hydroxyl groups excluding tert-OH is 2. The van der Waals surface area contributed by atoms with Crippen LogP contribution in [0, 0.1) is 0 Å². The molecule has 0 aromatic carbocycles. The van der Waals surface area contributed by atoms with E-state index in [0.717, 1.165) is 19.3 Å². The first-order valence-electron chi connectivity index (χ1n) is 15.1. The summed E-state index contributed by atoms with van der Waals surface area (Å²) in [7, 11) is 0. The lowest BCUT2D eigenvalue weighted by Gasteiger charge is -2.10. The summed E-state index contributed by atoms with van der Waals surface area (Å²) in [5, 5.41) is 18.9. The van der Waals surface area contributed by atoms with E-state index in [1.54, 1.807) is 0 Å². The van der Waals surface area contributed by atoms with Gasteiger partial charge in [-0.15, -0.1) is 0 Å². The fourth-order valence-electron chi connectivity index (χ4n) is 4.80. The van der Waals surface area contributed by atoms with E-state index in [1.807, 2.05) is 0 Å². The molecular weight excluding hydrogens is 392 g/mol. The highest BCUT2D eigenvalue weighted by Gasteiger charge is 2.04. The van der Waals surface area contributed by atoms with Crippen molar-refractivity contribution in [2.45, 2.75) is 186 Å². The summed E-state index contributed by atoms with van der Waals surface area (Å²) in [5.41, 5.74) is 0. The first-order valence-corrected chi connectivity index (χ1v) is 15.1. The Morgan fingerprint density at radius 1 is 0.375 bits per heavy atom. The van der Waals surface area contributed by atoms with E-state index >= 15 is 0 Å². The average Bonchev–Trinajstić information content (AvgIpc) is 2.80. The predicted octanol–water partition coefficient (Wildman–Crippen LogP) is 9.89. The van der Waals surface area contributed by atoms with Crippen LogP contribution >= 0.6 is 0 Å². The Morgan fingerprint density at radius 2 is 0.625 bits per heavy atom. The molecule has 2 heteroatoms. The first-order chi connectivity index (χ1) is 15.8. The molecule has 0 heterocycles. The predicted molar refractivity (Wildman–Crippen MR) is 143 cm³/mol. The molecule has 0 aromatic heterocycles. The van der Waals surface area contributed by atoms with Crippen molar-refractivity contribution in [3.8, 4) is 0 Å². The second kappa shape index (κ2) is 29.0. The number of aliphatic hydroxyl groups is 2. The maximum absolute atomic E-state index is 10.2. The molecule has 0 rings (SSSR count). The third-order valence-corrected chi connectivity index (χ3v) is 7.09. The largest absolute Gasteiger partial charge is 0.396 e. The summed E-state index contributed by atoms with van der Waals surface area (Å²) >= 11 is 0.